The molecular formula is C17H18N2O5S. The van der Waals surface area contributed by atoms with E-state index in [4.69, 9.17) is 0 Å². The summed E-state index contributed by atoms with van der Waals surface area (Å²) in [5, 5.41) is 2.62. The lowest BCUT2D eigenvalue weighted by Crippen LogP contribution is -2.35. The molecule has 0 radical (unpaired) electrons. The Kier molecular flexibility index (Phi) is 5.89. The Morgan fingerprint density at radius 1 is 1.04 bits per heavy atom. The van der Waals surface area contributed by atoms with Gasteiger partial charge in [0.2, 0.25) is 15.9 Å². The second-order valence-electron chi connectivity index (χ2n) is 5.19. The first kappa shape index (κ1) is 18.6. The van der Waals surface area contributed by atoms with Crippen LogP contribution in [0.25, 0.3) is 0 Å². The number of anilines is 1. The number of methoxy groups -OCH3 is 1. The predicted octanol–water partition coefficient (Wildman–Crippen LogP) is 1.73. The minimum absolute atomic E-state index is 0.0184. The van der Waals surface area contributed by atoms with Gasteiger partial charge in [-0.15, -0.1) is 0 Å². The van der Waals surface area contributed by atoms with Crippen LogP contribution in [0.5, 0.6) is 0 Å². The van der Waals surface area contributed by atoms with E-state index < -0.39 is 21.9 Å². The molecule has 0 spiro atoms. The molecule has 7 nitrogen and oxygen atoms in total. The first-order chi connectivity index (χ1) is 11.8. The topological polar surface area (TPSA) is 92.8 Å². The highest BCUT2D eigenvalue weighted by Gasteiger charge is 2.23. The van der Waals surface area contributed by atoms with E-state index in [0.717, 1.165) is 4.31 Å². The van der Waals surface area contributed by atoms with Crippen LogP contribution in [0.1, 0.15) is 10.4 Å². The van der Waals surface area contributed by atoms with Crippen LogP contribution in [-0.4, -0.2) is 45.3 Å². The second-order valence-corrected chi connectivity index (χ2v) is 7.24. The summed E-state index contributed by atoms with van der Waals surface area (Å²) in [4.78, 5) is 23.4. The fraction of sp³-hybridized carbons (Fsp3) is 0.176. The van der Waals surface area contributed by atoms with Crippen LogP contribution < -0.4 is 5.32 Å². The number of esters is 1. The fourth-order valence-corrected chi connectivity index (χ4v) is 3.20. The fourth-order valence-electron chi connectivity index (χ4n) is 2.07. The molecule has 0 aromatic heterocycles. The smallest absolute Gasteiger partial charge is 0.337 e. The first-order valence-corrected chi connectivity index (χ1v) is 8.78. The van der Waals surface area contributed by atoms with E-state index in [1.54, 1.807) is 24.3 Å². The van der Waals surface area contributed by atoms with Gasteiger partial charge in [-0.1, -0.05) is 18.2 Å². The Balaban J connectivity index is 2.07. The Morgan fingerprint density at radius 3 is 2.20 bits per heavy atom. The number of carbonyl (C=O) groups excluding carboxylic acids is 2. The Labute approximate surface area is 146 Å². The molecule has 0 aliphatic rings. The van der Waals surface area contributed by atoms with E-state index >= 15 is 0 Å². The van der Waals surface area contributed by atoms with Crippen molar-refractivity contribution in [2.45, 2.75) is 4.90 Å². The SMILES string of the molecule is COC(=O)c1ccc(S(=O)(=O)N(C)CC(=O)Nc2ccccc2)cc1. The number of likely N-dealkylation sites (N-methyl/N-ethyl adjacent to an activating group) is 1. The molecule has 0 fully saturated rings. The molecule has 25 heavy (non-hydrogen) atoms. The van der Waals surface area contributed by atoms with Crippen molar-refractivity contribution in [1.29, 1.82) is 0 Å². The molecule has 2 aromatic carbocycles. The van der Waals surface area contributed by atoms with E-state index in [9.17, 15) is 18.0 Å². The average Bonchev–Trinajstić information content (AvgIpc) is 2.61. The molecule has 0 saturated heterocycles. The quantitative estimate of drug-likeness (QED) is 0.790. The number of carbonyl (C=O) groups is 2. The number of benzene rings is 2. The monoisotopic (exact) mass is 362 g/mol. The van der Waals surface area contributed by atoms with Gasteiger partial charge in [0.1, 0.15) is 0 Å². The largest absolute Gasteiger partial charge is 0.465 e. The summed E-state index contributed by atoms with van der Waals surface area (Å²) >= 11 is 0. The van der Waals surface area contributed by atoms with Gasteiger partial charge in [0.15, 0.2) is 0 Å². The van der Waals surface area contributed by atoms with Crippen LogP contribution in [0.3, 0.4) is 0 Å². The first-order valence-electron chi connectivity index (χ1n) is 7.34. The van der Waals surface area contributed by atoms with Gasteiger partial charge in [-0.3, -0.25) is 4.79 Å². The van der Waals surface area contributed by atoms with Crippen molar-refractivity contribution < 1.29 is 22.7 Å². The van der Waals surface area contributed by atoms with Crippen molar-refractivity contribution >= 4 is 27.6 Å². The minimum atomic E-state index is -3.86. The summed E-state index contributed by atoms with van der Waals surface area (Å²) in [6, 6.07) is 14.1. The van der Waals surface area contributed by atoms with Crippen molar-refractivity contribution in [3.63, 3.8) is 0 Å². The number of ether oxygens (including phenoxy) is 1. The molecule has 0 bridgehead atoms. The van der Waals surface area contributed by atoms with E-state index in [-0.39, 0.29) is 17.0 Å². The second kappa shape index (κ2) is 7.91. The third-order valence-electron chi connectivity index (χ3n) is 3.41. The Bertz CT molecular complexity index is 848. The van der Waals surface area contributed by atoms with E-state index in [1.807, 2.05) is 6.07 Å². The normalized spacial score (nSPS) is 11.2. The third-order valence-corrected chi connectivity index (χ3v) is 5.23. The summed E-state index contributed by atoms with van der Waals surface area (Å²) in [6.07, 6.45) is 0. The molecule has 0 saturated carbocycles. The van der Waals surface area contributed by atoms with Gasteiger partial charge in [-0.2, -0.15) is 4.31 Å². The lowest BCUT2D eigenvalue weighted by molar-refractivity contribution is -0.116. The lowest BCUT2D eigenvalue weighted by atomic mass is 10.2. The number of nitrogens with one attached hydrogen (secondary N) is 1. The predicted molar refractivity (Wildman–Crippen MR) is 92.7 cm³/mol. The van der Waals surface area contributed by atoms with Gasteiger partial charge in [-0.05, 0) is 36.4 Å². The summed E-state index contributed by atoms with van der Waals surface area (Å²) in [7, 11) is -1.30. The molecule has 1 amide bonds. The Hall–Kier alpha value is -2.71. The maximum Gasteiger partial charge on any atom is 0.337 e. The number of amides is 1. The van der Waals surface area contributed by atoms with Gasteiger partial charge in [-0.25, -0.2) is 13.2 Å². The van der Waals surface area contributed by atoms with Crippen LogP contribution >= 0.6 is 0 Å². The highest BCUT2D eigenvalue weighted by molar-refractivity contribution is 7.89. The Morgan fingerprint density at radius 2 is 1.64 bits per heavy atom. The van der Waals surface area contributed by atoms with Crippen LogP contribution in [0.15, 0.2) is 59.5 Å². The van der Waals surface area contributed by atoms with Gasteiger partial charge < -0.3 is 10.1 Å². The zero-order valence-corrected chi connectivity index (χ0v) is 14.6. The van der Waals surface area contributed by atoms with Crippen LogP contribution in [0.2, 0.25) is 0 Å². The van der Waals surface area contributed by atoms with Gasteiger partial charge in [0.25, 0.3) is 0 Å². The molecule has 0 unspecified atom stereocenters. The van der Waals surface area contributed by atoms with Crippen molar-refractivity contribution in [2.75, 3.05) is 26.0 Å². The number of hydrogen-bond donors (Lipinski definition) is 1. The summed E-state index contributed by atoms with van der Waals surface area (Å²) in [5.41, 5.74) is 0.826. The van der Waals surface area contributed by atoms with Crippen LogP contribution in [0, 0.1) is 0 Å². The van der Waals surface area contributed by atoms with Crippen molar-refractivity contribution in [2.24, 2.45) is 0 Å². The van der Waals surface area contributed by atoms with Crippen molar-refractivity contribution in [1.82, 2.24) is 4.31 Å². The zero-order chi connectivity index (χ0) is 18.4. The number of hydrogen-bond acceptors (Lipinski definition) is 5. The number of nitrogens with zero attached hydrogens (tertiary/aromatic N) is 1. The molecule has 8 heteroatoms. The molecule has 0 aliphatic carbocycles. The standard InChI is InChI=1S/C17H18N2O5S/c1-19(12-16(20)18-14-6-4-3-5-7-14)25(22,23)15-10-8-13(9-11-15)17(21)24-2/h3-11H,12H2,1-2H3,(H,18,20). The van der Waals surface area contributed by atoms with Gasteiger partial charge >= 0.3 is 5.97 Å². The van der Waals surface area contributed by atoms with Gasteiger partial charge in [0.05, 0.1) is 24.1 Å². The molecule has 1 N–H and O–H groups in total. The molecule has 2 aromatic rings. The lowest BCUT2D eigenvalue weighted by Gasteiger charge is -2.17. The molecule has 0 atom stereocenters. The number of para-hydroxylation sites is 1. The van der Waals surface area contributed by atoms with E-state index in [0.29, 0.717) is 5.69 Å². The maximum atomic E-state index is 12.5. The molecular weight excluding hydrogens is 344 g/mol. The molecule has 132 valence electrons. The zero-order valence-electron chi connectivity index (χ0n) is 13.8. The molecule has 0 heterocycles. The van der Waals surface area contributed by atoms with E-state index in [2.05, 4.69) is 10.1 Å². The number of sulfonamides is 1. The van der Waals surface area contributed by atoms with Crippen molar-refractivity contribution in [3.8, 4) is 0 Å². The molecule has 2 rings (SSSR count). The van der Waals surface area contributed by atoms with Gasteiger partial charge in [0, 0.05) is 12.7 Å². The molecule has 0 aliphatic heterocycles. The third kappa shape index (κ3) is 4.65. The highest BCUT2D eigenvalue weighted by Crippen LogP contribution is 2.16. The number of rotatable bonds is 6. The highest BCUT2D eigenvalue weighted by atomic mass is 32.2. The van der Waals surface area contributed by atoms with Crippen LogP contribution in [0.4, 0.5) is 5.69 Å². The summed E-state index contributed by atoms with van der Waals surface area (Å²) < 4.78 is 30.5. The van der Waals surface area contributed by atoms with E-state index in [1.165, 1.54) is 38.4 Å². The summed E-state index contributed by atoms with van der Waals surface area (Å²) in [5.74, 6) is -1.01. The average molecular weight is 362 g/mol. The van der Waals surface area contributed by atoms with Crippen LogP contribution in [-0.2, 0) is 19.6 Å². The van der Waals surface area contributed by atoms with Crippen molar-refractivity contribution in [3.05, 3.63) is 60.2 Å². The maximum absolute atomic E-state index is 12.5. The summed E-state index contributed by atoms with van der Waals surface area (Å²) in [6.45, 7) is -0.337. The minimum Gasteiger partial charge on any atom is -0.465 e.